The number of nitrogens with zero attached hydrogens (tertiary/aromatic N) is 2. The molecular weight excluding hydrogens is 210 g/mol. The number of rotatable bonds is 2. The van der Waals surface area contributed by atoms with Crippen LogP contribution < -0.4 is 5.32 Å². The Morgan fingerprint density at radius 2 is 2.12 bits per heavy atom. The molecule has 0 radical (unpaired) electrons. The first-order valence-corrected chi connectivity index (χ1v) is 6.30. The molecule has 0 bridgehead atoms. The molecule has 3 nitrogen and oxygen atoms in total. The molecule has 0 amide bonds. The van der Waals surface area contributed by atoms with Crippen molar-refractivity contribution in [3.63, 3.8) is 0 Å². The maximum atomic E-state index is 4.73. The monoisotopic (exact) mass is 227 g/mol. The molecule has 1 aromatic carbocycles. The van der Waals surface area contributed by atoms with Gasteiger partial charge in [0.1, 0.15) is 0 Å². The van der Waals surface area contributed by atoms with Crippen molar-refractivity contribution < 1.29 is 0 Å². The van der Waals surface area contributed by atoms with Crippen LogP contribution in [0.3, 0.4) is 0 Å². The number of aromatic nitrogens is 2. The fourth-order valence-electron chi connectivity index (χ4n) is 2.44. The van der Waals surface area contributed by atoms with E-state index in [9.17, 15) is 0 Å². The summed E-state index contributed by atoms with van der Waals surface area (Å²) in [6, 6.07) is 10.4. The highest BCUT2D eigenvalue weighted by Gasteiger charge is 2.19. The van der Waals surface area contributed by atoms with Crippen LogP contribution in [0.15, 0.2) is 30.3 Å². The summed E-state index contributed by atoms with van der Waals surface area (Å²) in [6.45, 7) is 3.23. The van der Waals surface area contributed by atoms with Gasteiger partial charge in [-0.2, -0.15) is 5.10 Å². The van der Waals surface area contributed by atoms with Crippen molar-refractivity contribution in [2.45, 2.75) is 26.2 Å². The lowest BCUT2D eigenvalue weighted by Gasteiger charge is -2.16. The van der Waals surface area contributed by atoms with E-state index >= 15 is 0 Å². The lowest BCUT2D eigenvalue weighted by molar-refractivity contribution is 0.739. The minimum atomic E-state index is 0.981. The summed E-state index contributed by atoms with van der Waals surface area (Å²) in [4.78, 5) is 0. The van der Waals surface area contributed by atoms with Crippen LogP contribution in [-0.4, -0.2) is 16.3 Å². The number of anilines is 1. The van der Waals surface area contributed by atoms with E-state index in [-0.39, 0.29) is 0 Å². The van der Waals surface area contributed by atoms with Crippen LogP contribution in [-0.2, 0) is 12.8 Å². The molecular formula is C14H17N3. The van der Waals surface area contributed by atoms with Gasteiger partial charge in [0.05, 0.1) is 22.8 Å². The van der Waals surface area contributed by atoms with E-state index in [0.717, 1.165) is 25.1 Å². The predicted octanol–water partition coefficient (Wildman–Crippen LogP) is 2.79. The Morgan fingerprint density at radius 3 is 2.88 bits per heavy atom. The van der Waals surface area contributed by atoms with E-state index in [1.807, 2.05) is 6.07 Å². The van der Waals surface area contributed by atoms with E-state index in [4.69, 9.17) is 5.10 Å². The second-order valence-electron chi connectivity index (χ2n) is 4.40. The Labute approximate surface area is 101 Å². The molecule has 0 spiro atoms. The van der Waals surface area contributed by atoms with Crippen LogP contribution >= 0.6 is 0 Å². The van der Waals surface area contributed by atoms with Crippen molar-refractivity contribution in [1.29, 1.82) is 0 Å². The average Bonchev–Trinajstić information content (AvgIpc) is 2.78. The Balaban J connectivity index is 2.14. The SMILES string of the molecule is CCc1nn(-c2ccccc2)c2c1NCCC2. The molecule has 17 heavy (non-hydrogen) atoms. The number of fused-ring (bicyclic) bond motifs is 1. The highest BCUT2D eigenvalue weighted by Crippen LogP contribution is 2.28. The summed E-state index contributed by atoms with van der Waals surface area (Å²) >= 11 is 0. The van der Waals surface area contributed by atoms with Gasteiger partial charge in [0.25, 0.3) is 0 Å². The molecule has 3 rings (SSSR count). The third-order valence-electron chi connectivity index (χ3n) is 3.28. The Kier molecular flexibility index (Phi) is 2.59. The van der Waals surface area contributed by atoms with E-state index in [0.29, 0.717) is 0 Å². The van der Waals surface area contributed by atoms with Gasteiger partial charge in [-0.15, -0.1) is 0 Å². The standard InChI is InChI=1S/C14H17N3/c1-2-12-14-13(9-6-10-15-14)17(16-12)11-7-4-3-5-8-11/h3-5,7-8,15H,2,6,9-10H2,1H3. The van der Waals surface area contributed by atoms with Gasteiger partial charge in [-0.05, 0) is 31.4 Å². The van der Waals surface area contributed by atoms with Crippen LogP contribution in [0.5, 0.6) is 0 Å². The van der Waals surface area contributed by atoms with Gasteiger partial charge >= 0.3 is 0 Å². The van der Waals surface area contributed by atoms with Crippen LogP contribution in [0.1, 0.15) is 24.7 Å². The quantitative estimate of drug-likeness (QED) is 0.855. The van der Waals surface area contributed by atoms with E-state index in [1.54, 1.807) is 0 Å². The summed E-state index contributed by atoms with van der Waals surface area (Å²) in [5, 5.41) is 8.22. The predicted molar refractivity (Wildman–Crippen MR) is 69.8 cm³/mol. The van der Waals surface area contributed by atoms with Crippen molar-refractivity contribution in [1.82, 2.24) is 9.78 Å². The number of hydrogen-bond donors (Lipinski definition) is 1. The summed E-state index contributed by atoms with van der Waals surface area (Å²) in [6.07, 6.45) is 3.29. The zero-order valence-electron chi connectivity index (χ0n) is 10.1. The highest BCUT2D eigenvalue weighted by atomic mass is 15.3. The molecule has 0 atom stereocenters. The Morgan fingerprint density at radius 1 is 1.29 bits per heavy atom. The number of aryl methyl sites for hydroxylation is 1. The van der Waals surface area contributed by atoms with Crippen molar-refractivity contribution in [3.05, 3.63) is 41.7 Å². The summed E-state index contributed by atoms with van der Waals surface area (Å²) < 4.78 is 2.10. The van der Waals surface area contributed by atoms with Crippen molar-refractivity contribution >= 4 is 5.69 Å². The largest absolute Gasteiger partial charge is 0.382 e. The summed E-state index contributed by atoms with van der Waals surface area (Å²) in [5.41, 5.74) is 4.94. The molecule has 0 aliphatic carbocycles. The van der Waals surface area contributed by atoms with Gasteiger partial charge in [0, 0.05) is 6.54 Å². The summed E-state index contributed by atoms with van der Waals surface area (Å²) in [5.74, 6) is 0. The van der Waals surface area contributed by atoms with E-state index in [2.05, 4.69) is 41.2 Å². The van der Waals surface area contributed by atoms with Crippen molar-refractivity contribution in [3.8, 4) is 5.69 Å². The third kappa shape index (κ3) is 1.71. The van der Waals surface area contributed by atoms with Gasteiger partial charge in [0.15, 0.2) is 0 Å². The highest BCUT2D eigenvalue weighted by molar-refractivity contribution is 5.57. The average molecular weight is 227 g/mol. The van der Waals surface area contributed by atoms with E-state index in [1.165, 1.54) is 23.5 Å². The molecule has 1 N–H and O–H groups in total. The maximum Gasteiger partial charge on any atom is 0.0860 e. The molecule has 1 aliphatic heterocycles. The lowest BCUT2D eigenvalue weighted by Crippen LogP contribution is -2.14. The van der Waals surface area contributed by atoms with Crippen molar-refractivity contribution in [2.24, 2.45) is 0 Å². The third-order valence-corrected chi connectivity index (χ3v) is 3.28. The molecule has 1 aromatic heterocycles. The van der Waals surface area contributed by atoms with Crippen LogP contribution in [0.25, 0.3) is 5.69 Å². The molecule has 0 saturated heterocycles. The lowest BCUT2D eigenvalue weighted by atomic mass is 10.1. The molecule has 2 aromatic rings. The number of nitrogens with one attached hydrogen (secondary N) is 1. The Hall–Kier alpha value is -1.77. The molecule has 1 aliphatic rings. The fraction of sp³-hybridized carbons (Fsp3) is 0.357. The van der Waals surface area contributed by atoms with Crippen molar-refractivity contribution in [2.75, 3.05) is 11.9 Å². The van der Waals surface area contributed by atoms with Gasteiger partial charge in [0.2, 0.25) is 0 Å². The number of para-hydroxylation sites is 1. The molecule has 88 valence electrons. The van der Waals surface area contributed by atoms with Crippen LogP contribution in [0.2, 0.25) is 0 Å². The smallest absolute Gasteiger partial charge is 0.0860 e. The first-order valence-electron chi connectivity index (χ1n) is 6.30. The number of benzene rings is 1. The van der Waals surface area contributed by atoms with Gasteiger partial charge in [-0.1, -0.05) is 25.1 Å². The molecule has 3 heteroatoms. The molecule has 0 saturated carbocycles. The van der Waals surface area contributed by atoms with E-state index < -0.39 is 0 Å². The number of hydrogen-bond acceptors (Lipinski definition) is 2. The van der Waals surface area contributed by atoms with Crippen LogP contribution in [0.4, 0.5) is 5.69 Å². The Bertz CT molecular complexity index is 514. The van der Waals surface area contributed by atoms with Gasteiger partial charge < -0.3 is 5.32 Å². The fourth-order valence-corrected chi connectivity index (χ4v) is 2.44. The molecule has 2 heterocycles. The second-order valence-corrected chi connectivity index (χ2v) is 4.40. The second kappa shape index (κ2) is 4.24. The first kappa shape index (κ1) is 10.4. The van der Waals surface area contributed by atoms with Crippen LogP contribution in [0, 0.1) is 0 Å². The molecule has 0 unspecified atom stereocenters. The zero-order valence-corrected chi connectivity index (χ0v) is 10.1. The van der Waals surface area contributed by atoms with Gasteiger partial charge in [-0.3, -0.25) is 0 Å². The first-order chi connectivity index (χ1) is 8.40. The maximum absolute atomic E-state index is 4.73. The normalized spacial score (nSPS) is 14.2. The zero-order chi connectivity index (χ0) is 11.7. The minimum Gasteiger partial charge on any atom is -0.382 e. The summed E-state index contributed by atoms with van der Waals surface area (Å²) in [7, 11) is 0. The molecule has 0 fully saturated rings. The topological polar surface area (TPSA) is 29.9 Å². The minimum absolute atomic E-state index is 0.981. The van der Waals surface area contributed by atoms with Gasteiger partial charge in [-0.25, -0.2) is 4.68 Å².